The van der Waals surface area contributed by atoms with E-state index in [1.807, 2.05) is 0 Å². The normalized spacial score (nSPS) is 12.8. The van der Waals surface area contributed by atoms with Crippen LogP contribution in [0, 0.1) is 10.1 Å². The summed E-state index contributed by atoms with van der Waals surface area (Å²) in [6.45, 7) is 0.572. The number of nitrogens with zero attached hydrogens (tertiary/aromatic N) is 1. The summed E-state index contributed by atoms with van der Waals surface area (Å²) < 4.78 is 20.9. The van der Waals surface area contributed by atoms with Crippen molar-refractivity contribution in [1.29, 1.82) is 0 Å². The first-order chi connectivity index (χ1) is 12.6. The Morgan fingerprint density at radius 1 is 1.23 bits per heavy atom. The van der Waals surface area contributed by atoms with Crippen LogP contribution < -0.4 is 4.74 Å². The summed E-state index contributed by atoms with van der Waals surface area (Å²) in [5.74, 6) is -0.0635. The van der Waals surface area contributed by atoms with Gasteiger partial charge in [-0.25, -0.2) is 4.79 Å². The van der Waals surface area contributed by atoms with Gasteiger partial charge in [0.05, 0.1) is 23.7 Å². The van der Waals surface area contributed by atoms with Gasteiger partial charge >= 0.3 is 5.97 Å². The molecular formula is C18H17NO7. The van der Waals surface area contributed by atoms with Gasteiger partial charge in [0.25, 0.3) is 5.69 Å². The number of benzene rings is 2. The molecule has 0 unspecified atom stereocenters. The Bertz CT molecular complexity index is 817. The van der Waals surface area contributed by atoms with Crippen LogP contribution >= 0.6 is 0 Å². The molecule has 0 fully saturated rings. The smallest absolute Gasteiger partial charge is 0.338 e. The molecule has 0 aromatic heterocycles. The minimum absolute atomic E-state index is 0.0483. The average Bonchev–Trinajstić information content (AvgIpc) is 2.66. The molecule has 3 rings (SSSR count). The van der Waals surface area contributed by atoms with Crippen molar-refractivity contribution in [2.24, 2.45) is 0 Å². The Hall–Kier alpha value is -2.97. The average molecular weight is 359 g/mol. The third kappa shape index (κ3) is 3.98. The van der Waals surface area contributed by atoms with Crippen LogP contribution in [0.5, 0.6) is 5.75 Å². The molecule has 1 heterocycles. The quantitative estimate of drug-likeness (QED) is 0.444. The first kappa shape index (κ1) is 17.8. The van der Waals surface area contributed by atoms with Crippen LogP contribution in [0.3, 0.4) is 0 Å². The van der Waals surface area contributed by atoms with E-state index < -0.39 is 10.9 Å². The molecule has 0 saturated carbocycles. The second kappa shape index (κ2) is 7.94. The van der Waals surface area contributed by atoms with E-state index in [0.717, 1.165) is 5.56 Å². The Morgan fingerprint density at radius 3 is 2.69 bits per heavy atom. The molecule has 1 aliphatic rings. The van der Waals surface area contributed by atoms with Gasteiger partial charge in [-0.3, -0.25) is 10.1 Å². The summed E-state index contributed by atoms with van der Waals surface area (Å²) >= 11 is 0. The van der Waals surface area contributed by atoms with Crippen LogP contribution in [-0.4, -0.2) is 24.8 Å². The monoisotopic (exact) mass is 359 g/mol. The van der Waals surface area contributed by atoms with Crippen LogP contribution in [0.25, 0.3) is 0 Å². The molecule has 0 atom stereocenters. The van der Waals surface area contributed by atoms with Gasteiger partial charge in [0, 0.05) is 30.4 Å². The summed E-state index contributed by atoms with van der Waals surface area (Å²) in [5.41, 5.74) is 2.20. The van der Waals surface area contributed by atoms with Crippen LogP contribution in [0.15, 0.2) is 36.4 Å². The zero-order chi connectivity index (χ0) is 18.5. The van der Waals surface area contributed by atoms with Gasteiger partial charge in [-0.05, 0) is 17.7 Å². The summed E-state index contributed by atoms with van der Waals surface area (Å²) in [7, 11) is 1.59. The molecular weight excluding hydrogens is 342 g/mol. The number of hydrogen-bond acceptors (Lipinski definition) is 7. The molecule has 0 N–H and O–H groups in total. The Morgan fingerprint density at radius 2 is 2.00 bits per heavy atom. The Balaban J connectivity index is 1.75. The van der Waals surface area contributed by atoms with Crippen molar-refractivity contribution in [3.63, 3.8) is 0 Å². The van der Waals surface area contributed by atoms with Crippen LogP contribution in [0.4, 0.5) is 5.69 Å². The van der Waals surface area contributed by atoms with Gasteiger partial charge in [0.15, 0.2) is 6.79 Å². The lowest BCUT2D eigenvalue weighted by atomic mass is 10.1. The minimum atomic E-state index is -0.527. The molecule has 0 amide bonds. The summed E-state index contributed by atoms with van der Waals surface area (Å²) in [5, 5.41) is 11.1. The molecule has 0 aliphatic carbocycles. The number of carbonyl (C=O) groups is 1. The van der Waals surface area contributed by atoms with Gasteiger partial charge in [-0.15, -0.1) is 0 Å². The number of non-ortho nitro benzene ring substituents is 1. The van der Waals surface area contributed by atoms with E-state index in [-0.39, 0.29) is 25.7 Å². The number of fused-ring (bicyclic) bond motifs is 1. The fourth-order valence-electron chi connectivity index (χ4n) is 2.62. The third-order valence-corrected chi connectivity index (χ3v) is 3.84. The predicted molar refractivity (Wildman–Crippen MR) is 89.7 cm³/mol. The zero-order valence-corrected chi connectivity index (χ0v) is 14.1. The van der Waals surface area contributed by atoms with Crippen LogP contribution in [-0.2, 0) is 34.0 Å². The maximum Gasteiger partial charge on any atom is 0.338 e. The van der Waals surface area contributed by atoms with Gasteiger partial charge in [0.2, 0.25) is 0 Å². The predicted octanol–water partition coefficient (Wildman–Crippen LogP) is 2.96. The van der Waals surface area contributed by atoms with E-state index in [4.69, 9.17) is 18.9 Å². The summed E-state index contributed by atoms with van der Waals surface area (Å²) in [6.07, 6.45) is 0. The Labute approximate surface area is 149 Å². The highest BCUT2D eigenvalue weighted by molar-refractivity contribution is 5.89. The number of nitro groups is 1. The van der Waals surface area contributed by atoms with Crippen molar-refractivity contribution >= 4 is 11.7 Å². The number of hydrogen-bond donors (Lipinski definition) is 0. The van der Waals surface area contributed by atoms with E-state index in [2.05, 4.69) is 0 Å². The lowest BCUT2D eigenvalue weighted by molar-refractivity contribution is -0.385. The zero-order valence-electron chi connectivity index (χ0n) is 14.1. The molecule has 8 nitrogen and oxygen atoms in total. The van der Waals surface area contributed by atoms with Crippen molar-refractivity contribution in [2.75, 3.05) is 13.9 Å². The molecule has 2 aromatic carbocycles. The highest BCUT2D eigenvalue weighted by atomic mass is 16.7. The highest BCUT2D eigenvalue weighted by Gasteiger charge is 2.22. The number of ether oxygens (including phenoxy) is 4. The topological polar surface area (TPSA) is 97.1 Å². The van der Waals surface area contributed by atoms with Crippen molar-refractivity contribution in [3.8, 4) is 5.75 Å². The molecule has 1 aliphatic heterocycles. The highest BCUT2D eigenvalue weighted by Crippen LogP contribution is 2.33. The fraction of sp³-hybridized carbons (Fsp3) is 0.278. The number of esters is 1. The molecule has 0 radical (unpaired) electrons. The summed E-state index contributed by atoms with van der Waals surface area (Å²) in [4.78, 5) is 22.8. The number of nitro benzene ring substituents is 1. The molecule has 136 valence electrons. The summed E-state index contributed by atoms with van der Waals surface area (Å²) in [6, 6.07) is 9.58. The van der Waals surface area contributed by atoms with Gasteiger partial charge in [-0.2, -0.15) is 0 Å². The maximum atomic E-state index is 12.2. The standard InChI is InChI=1S/C18H17NO7/c1-23-8-12-2-4-13(5-3-12)18(20)25-10-15-7-16(19(21)22)6-14-9-24-11-26-17(14)15/h2-7H,8-11H2,1H3. The lowest BCUT2D eigenvalue weighted by Gasteiger charge is -2.20. The molecule has 26 heavy (non-hydrogen) atoms. The maximum absolute atomic E-state index is 12.2. The van der Waals surface area contributed by atoms with Gasteiger partial charge in [0.1, 0.15) is 12.4 Å². The largest absolute Gasteiger partial charge is 0.467 e. The number of methoxy groups -OCH3 is 1. The van der Waals surface area contributed by atoms with Crippen molar-refractivity contribution < 1.29 is 28.7 Å². The van der Waals surface area contributed by atoms with Crippen molar-refractivity contribution in [1.82, 2.24) is 0 Å². The molecule has 0 saturated heterocycles. The van der Waals surface area contributed by atoms with E-state index in [9.17, 15) is 14.9 Å². The fourth-order valence-corrected chi connectivity index (χ4v) is 2.62. The van der Waals surface area contributed by atoms with Gasteiger partial charge < -0.3 is 18.9 Å². The number of rotatable bonds is 6. The number of carbonyl (C=O) groups excluding carboxylic acids is 1. The molecule has 0 spiro atoms. The molecule has 8 heteroatoms. The van der Waals surface area contributed by atoms with Gasteiger partial charge in [-0.1, -0.05) is 12.1 Å². The van der Waals surface area contributed by atoms with Crippen molar-refractivity contribution in [3.05, 3.63) is 68.8 Å². The first-order valence-corrected chi connectivity index (χ1v) is 7.84. The Kier molecular flexibility index (Phi) is 5.45. The second-order valence-electron chi connectivity index (χ2n) is 5.67. The van der Waals surface area contributed by atoms with Crippen LogP contribution in [0.1, 0.15) is 27.0 Å². The van der Waals surface area contributed by atoms with E-state index in [1.54, 1.807) is 31.4 Å². The van der Waals surface area contributed by atoms with E-state index in [1.165, 1.54) is 12.1 Å². The second-order valence-corrected chi connectivity index (χ2v) is 5.67. The third-order valence-electron chi connectivity index (χ3n) is 3.84. The van der Waals surface area contributed by atoms with E-state index >= 15 is 0 Å². The first-order valence-electron chi connectivity index (χ1n) is 7.84. The van der Waals surface area contributed by atoms with Crippen molar-refractivity contribution in [2.45, 2.75) is 19.8 Å². The molecule has 0 bridgehead atoms. The van der Waals surface area contributed by atoms with Crippen LogP contribution in [0.2, 0.25) is 0 Å². The molecule has 2 aromatic rings. The minimum Gasteiger partial charge on any atom is -0.467 e. The lowest BCUT2D eigenvalue weighted by Crippen LogP contribution is -2.15. The van der Waals surface area contributed by atoms with E-state index in [0.29, 0.717) is 29.0 Å². The SMILES string of the molecule is COCc1ccc(C(=O)OCc2cc([N+](=O)[O-])cc3c2OCOC3)cc1.